The molecule has 0 aliphatic heterocycles. The lowest BCUT2D eigenvalue weighted by Crippen LogP contribution is -2.39. The molecule has 1 aromatic carbocycles. The zero-order valence-electron chi connectivity index (χ0n) is 11.9. The number of halogens is 1. The maximum Gasteiger partial charge on any atom is 0.0493 e. The molecular weight excluding hydrogens is 244 g/mol. The van der Waals surface area contributed by atoms with Crippen molar-refractivity contribution in [2.24, 2.45) is 11.7 Å². The van der Waals surface area contributed by atoms with Gasteiger partial charge in [-0.05, 0) is 37.6 Å². The van der Waals surface area contributed by atoms with Crippen LogP contribution in [0.4, 0.5) is 0 Å². The summed E-state index contributed by atoms with van der Waals surface area (Å²) in [5, 5.41) is 0.770. The molecule has 0 fully saturated rings. The summed E-state index contributed by atoms with van der Waals surface area (Å²) in [5.41, 5.74) is 7.39. The van der Waals surface area contributed by atoms with Crippen LogP contribution in [0.5, 0.6) is 0 Å². The molecule has 0 saturated carbocycles. The maximum atomic E-state index is 6.15. The molecule has 0 heterocycles. The summed E-state index contributed by atoms with van der Waals surface area (Å²) in [6.45, 7) is 7.62. The van der Waals surface area contributed by atoms with Crippen LogP contribution in [-0.4, -0.2) is 24.5 Å². The summed E-state index contributed by atoms with van der Waals surface area (Å²) >= 11 is 5.94. The Morgan fingerprint density at radius 3 is 2.22 bits per heavy atom. The third kappa shape index (κ3) is 4.27. The molecule has 0 aliphatic carbocycles. The number of hydrogen-bond donors (Lipinski definition) is 1. The Kier molecular flexibility index (Phi) is 6.13. The van der Waals surface area contributed by atoms with Crippen LogP contribution in [0.2, 0.25) is 5.02 Å². The highest BCUT2D eigenvalue weighted by atomic mass is 35.5. The Balaban J connectivity index is 2.85. The Morgan fingerprint density at radius 2 is 1.78 bits per heavy atom. The summed E-state index contributed by atoms with van der Waals surface area (Å²) in [7, 11) is 2.15. The van der Waals surface area contributed by atoms with Crippen molar-refractivity contribution in [3.63, 3.8) is 0 Å². The summed E-state index contributed by atoms with van der Waals surface area (Å²) < 4.78 is 0. The number of nitrogens with zero attached hydrogens (tertiary/aromatic N) is 1. The number of likely N-dealkylation sites (N-methyl/N-ethyl adjacent to an activating group) is 1. The SMILES string of the molecule is CCC(C)CN(C)C(c1ccc(Cl)cc1)C(C)N. The van der Waals surface area contributed by atoms with Crippen LogP contribution in [-0.2, 0) is 0 Å². The third-order valence-electron chi connectivity index (χ3n) is 3.48. The fourth-order valence-corrected chi connectivity index (χ4v) is 2.48. The van der Waals surface area contributed by atoms with Crippen molar-refractivity contribution in [1.82, 2.24) is 4.90 Å². The Morgan fingerprint density at radius 1 is 1.22 bits per heavy atom. The molecule has 2 nitrogen and oxygen atoms in total. The van der Waals surface area contributed by atoms with Gasteiger partial charge < -0.3 is 5.73 Å². The average Bonchev–Trinajstić information content (AvgIpc) is 2.31. The molecule has 18 heavy (non-hydrogen) atoms. The topological polar surface area (TPSA) is 29.3 Å². The lowest BCUT2D eigenvalue weighted by atomic mass is 9.98. The molecule has 0 aliphatic rings. The van der Waals surface area contributed by atoms with Gasteiger partial charge in [-0.2, -0.15) is 0 Å². The van der Waals surface area contributed by atoms with Gasteiger partial charge in [-0.15, -0.1) is 0 Å². The minimum Gasteiger partial charge on any atom is -0.326 e. The van der Waals surface area contributed by atoms with E-state index >= 15 is 0 Å². The van der Waals surface area contributed by atoms with Gasteiger partial charge >= 0.3 is 0 Å². The van der Waals surface area contributed by atoms with E-state index in [0.29, 0.717) is 5.92 Å². The van der Waals surface area contributed by atoms with Crippen LogP contribution < -0.4 is 5.73 Å². The van der Waals surface area contributed by atoms with Gasteiger partial charge in [-0.1, -0.05) is 44.0 Å². The first-order valence-electron chi connectivity index (χ1n) is 6.67. The van der Waals surface area contributed by atoms with Gasteiger partial charge in [0.15, 0.2) is 0 Å². The van der Waals surface area contributed by atoms with E-state index in [1.807, 2.05) is 12.1 Å². The number of nitrogens with two attached hydrogens (primary N) is 1. The highest BCUT2D eigenvalue weighted by Gasteiger charge is 2.22. The predicted octanol–water partition coefficient (Wildman–Crippen LogP) is 3.71. The van der Waals surface area contributed by atoms with E-state index in [9.17, 15) is 0 Å². The van der Waals surface area contributed by atoms with Crippen molar-refractivity contribution in [1.29, 1.82) is 0 Å². The van der Waals surface area contributed by atoms with Crippen LogP contribution in [0.15, 0.2) is 24.3 Å². The molecule has 0 radical (unpaired) electrons. The van der Waals surface area contributed by atoms with Crippen molar-refractivity contribution in [2.45, 2.75) is 39.3 Å². The van der Waals surface area contributed by atoms with Gasteiger partial charge in [0.2, 0.25) is 0 Å². The van der Waals surface area contributed by atoms with Crippen LogP contribution in [0.3, 0.4) is 0 Å². The number of hydrogen-bond acceptors (Lipinski definition) is 2. The van der Waals surface area contributed by atoms with E-state index in [1.54, 1.807) is 0 Å². The fraction of sp³-hybridized carbons (Fsp3) is 0.600. The Labute approximate surface area is 116 Å². The molecule has 102 valence electrons. The molecule has 1 aromatic rings. The summed E-state index contributed by atoms with van der Waals surface area (Å²) in [6.07, 6.45) is 1.19. The Hall–Kier alpha value is -0.570. The quantitative estimate of drug-likeness (QED) is 0.852. The summed E-state index contributed by atoms with van der Waals surface area (Å²) in [5.74, 6) is 0.684. The van der Waals surface area contributed by atoms with E-state index in [-0.39, 0.29) is 12.1 Å². The molecular formula is C15H25ClN2. The first kappa shape index (κ1) is 15.5. The monoisotopic (exact) mass is 268 g/mol. The molecule has 0 spiro atoms. The molecule has 0 amide bonds. The van der Waals surface area contributed by atoms with Crippen LogP contribution in [0.25, 0.3) is 0 Å². The van der Waals surface area contributed by atoms with E-state index < -0.39 is 0 Å². The van der Waals surface area contributed by atoms with Crippen LogP contribution >= 0.6 is 11.6 Å². The van der Waals surface area contributed by atoms with Crippen molar-refractivity contribution >= 4 is 11.6 Å². The molecule has 3 unspecified atom stereocenters. The second-order valence-corrected chi connectivity index (χ2v) is 5.74. The second-order valence-electron chi connectivity index (χ2n) is 5.31. The molecule has 1 rings (SSSR count). The van der Waals surface area contributed by atoms with Gasteiger partial charge in [-0.25, -0.2) is 0 Å². The smallest absolute Gasteiger partial charge is 0.0493 e. The molecule has 0 aromatic heterocycles. The lowest BCUT2D eigenvalue weighted by molar-refractivity contribution is 0.190. The summed E-state index contributed by atoms with van der Waals surface area (Å²) in [6, 6.07) is 8.36. The largest absolute Gasteiger partial charge is 0.326 e. The first-order chi connectivity index (χ1) is 8.45. The highest BCUT2D eigenvalue weighted by molar-refractivity contribution is 6.30. The van der Waals surface area contributed by atoms with Crippen molar-refractivity contribution < 1.29 is 0 Å². The van der Waals surface area contributed by atoms with Gasteiger partial charge in [-0.3, -0.25) is 4.90 Å². The Bertz CT molecular complexity index is 348. The predicted molar refractivity (Wildman–Crippen MR) is 79.9 cm³/mol. The molecule has 3 atom stereocenters. The zero-order chi connectivity index (χ0) is 13.7. The fourth-order valence-electron chi connectivity index (χ4n) is 2.35. The third-order valence-corrected chi connectivity index (χ3v) is 3.73. The second kappa shape index (κ2) is 7.13. The zero-order valence-corrected chi connectivity index (χ0v) is 12.6. The molecule has 0 bridgehead atoms. The minimum absolute atomic E-state index is 0.0974. The van der Waals surface area contributed by atoms with Gasteiger partial charge in [0.1, 0.15) is 0 Å². The molecule has 0 saturated heterocycles. The first-order valence-corrected chi connectivity index (χ1v) is 7.04. The van der Waals surface area contributed by atoms with Crippen LogP contribution in [0, 0.1) is 5.92 Å². The number of rotatable bonds is 6. The van der Waals surface area contributed by atoms with E-state index in [4.69, 9.17) is 17.3 Å². The minimum atomic E-state index is 0.0974. The average molecular weight is 269 g/mol. The molecule has 3 heteroatoms. The van der Waals surface area contributed by atoms with E-state index in [2.05, 4.69) is 44.9 Å². The number of benzene rings is 1. The lowest BCUT2D eigenvalue weighted by Gasteiger charge is -2.33. The van der Waals surface area contributed by atoms with Crippen LogP contribution in [0.1, 0.15) is 38.8 Å². The van der Waals surface area contributed by atoms with Crippen molar-refractivity contribution in [2.75, 3.05) is 13.6 Å². The van der Waals surface area contributed by atoms with Crippen molar-refractivity contribution in [3.05, 3.63) is 34.9 Å². The standard InChI is InChI=1S/C15H25ClN2/c1-5-11(2)10-18(4)15(12(3)17)13-6-8-14(16)9-7-13/h6-9,11-12,15H,5,10,17H2,1-4H3. The van der Waals surface area contributed by atoms with E-state index in [1.165, 1.54) is 12.0 Å². The van der Waals surface area contributed by atoms with Crippen molar-refractivity contribution in [3.8, 4) is 0 Å². The van der Waals surface area contributed by atoms with Gasteiger partial charge in [0.05, 0.1) is 0 Å². The normalized spacial score (nSPS) is 16.6. The highest BCUT2D eigenvalue weighted by Crippen LogP contribution is 2.24. The van der Waals surface area contributed by atoms with E-state index in [0.717, 1.165) is 11.6 Å². The molecule has 2 N–H and O–H groups in total. The van der Waals surface area contributed by atoms with Gasteiger partial charge in [0, 0.05) is 23.7 Å². The van der Waals surface area contributed by atoms with Gasteiger partial charge in [0.25, 0.3) is 0 Å². The maximum absolute atomic E-state index is 6.15. The summed E-state index contributed by atoms with van der Waals surface area (Å²) in [4.78, 5) is 2.35.